The van der Waals surface area contributed by atoms with Crippen LogP contribution in [0.4, 0.5) is 5.69 Å². The van der Waals surface area contributed by atoms with Crippen LogP contribution in [0.1, 0.15) is 12.8 Å². The van der Waals surface area contributed by atoms with Crippen LogP contribution in [0.3, 0.4) is 0 Å². The van der Waals surface area contributed by atoms with Gasteiger partial charge in [-0.15, -0.1) is 0 Å². The van der Waals surface area contributed by atoms with Gasteiger partial charge in [0.2, 0.25) is 0 Å². The van der Waals surface area contributed by atoms with Gasteiger partial charge in [-0.1, -0.05) is 18.2 Å². The van der Waals surface area contributed by atoms with Gasteiger partial charge in [-0.05, 0) is 25.0 Å². The summed E-state index contributed by atoms with van der Waals surface area (Å²) < 4.78 is 5.41. The van der Waals surface area contributed by atoms with E-state index in [0.717, 1.165) is 32.3 Å². The van der Waals surface area contributed by atoms with E-state index in [1.165, 1.54) is 18.5 Å². The summed E-state index contributed by atoms with van der Waals surface area (Å²) in [6.07, 6.45) is 2.59. The third-order valence-electron chi connectivity index (χ3n) is 4.36. The Balaban J connectivity index is 1.52. The van der Waals surface area contributed by atoms with E-state index in [2.05, 4.69) is 47.2 Å². The quantitative estimate of drug-likeness (QED) is 0.811. The fourth-order valence-electron chi connectivity index (χ4n) is 2.99. The number of ether oxygens (including phenoxy) is 1. The van der Waals surface area contributed by atoms with Crippen molar-refractivity contribution in [1.29, 1.82) is 0 Å². The molecule has 1 aromatic carbocycles. The van der Waals surface area contributed by atoms with Crippen LogP contribution in [-0.2, 0) is 4.74 Å². The zero-order valence-corrected chi connectivity index (χ0v) is 11.1. The molecule has 98 valence electrons. The lowest BCUT2D eigenvalue weighted by molar-refractivity contribution is -0.00655. The van der Waals surface area contributed by atoms with Gasteiger partial charge in [0.1, 0.15) is 0 Å². The lowest BCUT2D eigenvalue weighted by Gasteiger charge is -2.48. The van der Waals surface area contributed by atoms with Gasteiger partial charge in [0.25, 0.3) is 0 Å². The molecule has 0 amide bonds. The minimum atomic E-state index is 0.709. The summed E-state index contributed by atoms with van der Waals surface area (Å²) in [6.45, 7) is 4.06. The Hall–Kier alpha value is -1.06. The first kappa shape index (κ1) is 12.0. The molecule has 2 fully saturated rings. The second-order valence-corrected chi connectivity index (χ2v) is 5.37. The van der Waals surface area contributed by atoms with E-state index in [1.807, 2.05) is 0 Å². The number of nitrogens with zero attached hydrogens (tertiary/aromatic N) is 2. The molecule has 0 spiro atoms. The van der Waals surface area contributed by atoms with Crippen molar-refractivity contribution >= 4 is 5.69 Å². The van der Waals surface area contributed by atoms with Crippen LogP contribution in [0.25, 0.3) is 0 Å². The molecule has 0 radical (unpaired) electrons. The largest absolute Gasteiger partial charge is 0.379 e. The molecule has 1 aliphatic carbocycles. The van der Waals surface area contributed by atoms with Crippen molar-refractivity contribution in [3.05, 3.63) is 30.3 Å². The molecule has 3 nitrogen and oxygen atoms in total. The van der Waals surface area contributed by atoms with E-state index in [4.69, 9.17) is 4.74 Å². The van der Waals surface area contributed by atoms with Gasteiger partial charge in [-0.3, -0.25) is 4.90 Å². The van der Waals surface area contributed by atoms with Crippen LogP contribution in [0.5, 0.6) is 0 Å². The molecule has 18 heavy (non-hydrogen) atoms. The van der Waals surface area contributed by atoms with Crippen molar-refractivity contribution in [3.63, 3.8) is 0 Å². The molecule has 2 aliphatic rings. The van der Waals surface area contributed by atoms with Gasteiger partial charge in [0.15, 0.2) is 0 Å². The van der Waals surface area contributed by atoms with Gasteiger partial charge in [-0.25, -0.2) is 0 Å². The van der Waals surface area contributed by atoms with Gasteiger partial charge in [0, 0.05) is 37.9 Å². The van der Waals surface area contributed by atoms with Crippen LogP contribution in [0.15, 0.2) is 30.3 Å². The summed E-state index contributed by atoms with van der Waals surface area (Å²) in [5, 5.41) is 0. The Morgan fingerprint density at radius 2 is 1.78 bits per heavy atom. The highest BCUT2D eigenvalue weighted by molar-refractivity contribution is 5.46. The van der Waals surface area contributed by atoms with E-state index in [9.17, 15) is 0 Å². The molecule has 1 saturated carbocycles. The molecule has 1 heterocycles. The molecule has 3 rings (SSSR count). The number of benzene rings is 1. The normalized spacial score (nSPS) is 28.7. The Bertz CT molecular complexity index is 369. The smallest absolute Gasteiger partial charge is 0.0594 e. The van der Waals surface area contributed by atoms with Gasteiger partial charge in [0.05, 0.1) is 13.2 Å². The highest BCUT2D eigenvalue weighted by Gasteiger charge is 2.36. The lowest BCUT2D eigenvalue weighted by atomic mass is 9.84. The first-order chi connectivity index (χ1) is 8.84. The summed E-state index contributed by atoms with van der Waals surface area (Å²) in [7, 11) is 2.22. The standard InChI is InChI=1S/C15H22N2O/c1-16(13-5-3-2-4-6-13)14-11-15(12-14)17-7-9-18-10-8-17/h2-6,14-15H,7-12H2,1H3. The molecule has 0 unspecified atom stereocenters. The van der Waals surface area contributed by atoms with Crippen LogP contribution in [0.2, 0.25) is 0 Å². The number of morpholine rings is 1. The molecule has 1 aliphatic heterocycles. The van der Waals surface area contributed by atoms with E-state index >= 15 is 0 Å². The summed E-state index contributed by atoms with van der Waals surface area (Å²) in [6, 6.07) is 12.2. The van der Waals surface area contributed by atoms with E-state index in [-0.39, 0.29) is 0 Å². The monoisotopic (exact) mass is 246 g/mol. The average Bonchev–Trinajstić information content (AvgIpc) is 2.39. The molecule has 0 aromatic heterocycles. The maximum atomic E-state index is 5.41. The number of hydrogen-bond acceptors (Lipinski definition) is 3. The first-order valence-electron chi connectivity index (χ1n) is 6.94. The van der Waals surface area contributed by atoms with Crippen molar-refractivity contribution in [2.75, 3.05) is 38.3 Å². The third kappa shape index (κ3) is 2.38. The van der Waals surface area contributed by atoms with E-state index in [0.29, 0.717) is 6.04 Å². The second kappa shape index (κ2) is 5.29. The number of rotatable bonds is 3. The molecule has 0 bridgehead atoms. The molecular formula is C15H22N2O. The van der Waals surface area contributed by atoms with Crippen LogP contribution in [0, 0.1) is 0 Å². The Labute approximate surface area is 109 Å². The zero-order chi connectivity index (χ0) is 12.4. The Kier molecular flexibility index (Phi) is 3.52. The summed E-state index contributed by atoms with van der Waals surface area (Å²) in [5.41, 5.74) is 1.34. The highest BCUT2D eigenvalue weighted by atomic mass is 16.5. The lowest BCUT2D eigenvalue weighted by Crippen LogP contribution is -2.55. The molecule has 3 heteroatoms. The third-order valence-corrected chi connectivity index (χ3v) is 4.36. The maximum Gasteiger partial charge on any atom is 0.0594 e. The fourth-order valence-corrected chi connectivity index (χ4v) is 2.99. The topological polar surface area (TPSA) is 15.7 Å². The Morgan fingerprint density at radius 3 is 2.44 bits per heavy atom. The van der Waals surface area contributed by atoms with E-state index in [1.54, 1.807) is 0 Å². The minimum Gasteiger partial charge on any atom is -0.379 e. The zero-order valence-electron chi connectivity index (χ0n) is 11.1. The molecule has 0 atom stereocenters. The highest BCUT2D eigenvalue weighted by Crippen LogP contribution is 2.32. The van der Waals surface area contributed by atoms with Crippen molar-refractivity contribution in [2.24, 2.45) is 0 Å². The average molecular weight is 246 g/mol. The van der Waals surface area contributed by atoms with Crippen molar-refractivity contribution in [1.82, 2.24) is 4.90 Å². The molecule has 1 saturated heterocycles. The summed E-state index contributed by atoms with van der Waals surface area (Å²) >= 11 is 0. The van der Waals surface area contributed by atoms with Crippen molar-refractivity contribution < 1.29 is 4.74 Å². The van der Waals surface area contributed by atoms with Crippen LogP contribution < -0.4 is 4.90 Å². The maximum absolute atomic E-state index is 5.41. The summed E-state index contributed by atoms with van der Waals surface area (Å²) in [4.78, 5) is 5.02. The van der Waals surface area contributed by atoms with Gasteiger partial charge in [-0.2, -0.15) is 0 Å². The van der Waals surface area contributed by atoms with Crippen LogP contribution >= 0.6 is 0 Å². The minimum absolute atomic E-state index is 0.709. The summed E-state index contributed by atoms with van der Waals surface area (Å²) in [5.74, 6) is 0. The number of anilines is 1. The predicted octanol–water partition coefficient (Wildman–Crippen LogP) is 1.99. The second-order valence-electron chi connectivity index (χ2n) is 5.37. The fraction of sp³-hybridized carbons (Fsp3) is 0.600. The van der Waals surface area contributed by atoms with Gasteiger partial charge >= 0.3 is 0 Å². The van der Waals surface area contributed by atoms with Gasteiger partial charge < -0.3 is 9.64 Å². The number of para-hydroxylation sites is 1. The van der Waals surface area contributed by atoms with Crippen LogP contribution in [-0.4, -0.2) is 50.3 Å². The van der Waals surface area contributed by atoms with Crippen molar-refractivity contribution in [2.45, 2.75) is 24.9 Å². The molecular weight excluding hydrogens is 224 g/mol. The predicted molar refractivity (Wildman–Crippen MR) is 74.0 cm³/mol. The number of hydrogen-bond donors (Lipinski definition) is 0. The SMILES string of the molecule is CN(c1ccccc1)C1CC(N2CCOCC2)C1. The molecule has 1 aromatic rings. The van der Waals surface area contributed by atoms with E-state index < -0.39 is 0 Å². The Morgan fingerprint density at radius 1 is 1.11 bits per heavy atom. The molecule has 0 N–H and O–H groups in total. The van der Waals surface area contributed by atoms with Crippen molar-refractivity contribution in [3.8, 4) is 0 Å². The first-order valence-corrected chi connectivity index (χ1v) is 6.94.